The summed E-state index contributed by atoms with van der Waals surface area (Å²) in [5.41, 5.74) is 2.24. The Bertz CT molecular complexity index is 336. The van der Waals surface area contributed by atoms with Crippen molar-refractivity contribution in [2.45, 2.75) is 26.4 Å². The van der Waals surface area contributed by atoms with Gasteiger partial charge in [-0.15, -0.1) is 0 Å². The lowest BCUT2D eigenvalue weighted by atomic mass is 10.1. The van der Waals surface area contributed by atoms with Gasteiger partial charge < -0.3 is 10.1 Å². The predicted octanol–water partition coefficient (Wildman–Crippen LogP) is 2.70. The molecule has 1 aliphatic heterocycles. The molecule has 0 radical (unpaired) electrons. The van der Waals surface area contributed by atoms with Crippen molar-refractivity contribution < 1.29 is 4.74 Å². The predicted molar refractivity (Wildman–Crippen MR) is 62.8 cm³/mol. The van der Waals surface area contributed by atoms with E-state index in [4.69, 9.17) is 16.3 Å². The number of hydrogen-bond acceptors (Lipinski definition) is 2. The quantitative estimate of drug-likeness (QED) is 0.836. The molecule has 1 fully saturated rings. The highest BCUT2D eigenvalue weighted by Crippen LogP contribution is 2.28. The zero-order valence-electron chi connectivity index (χ0n) is 9.14. The third-order valence-electron chi connectivity index (χ3n) is 2.72. The summed E-state index contributed by atoms with van der Waals surface area (Å²) in [7, 11) is 0. The zero-order valence-corrected chi connectivity index (χ0v) is 9.90. The number of rotatable bonds is 2. The first-order valence-electron chi connectivity index (χ1n) is 5.31. The maximum absolute atomic E-state index is 5.97. The van der Waals surface area contributed by atoms with Crippen LogP contribution in [-0.2, 0) is 0 Å². The van der Waals surface area contributed by atoms with Crippen molar-refractivity contribution in [3.63, 3.8) is 0 Å². The summed E-state index contributed by atoms with van der Waals surface area (Å²) >= 11 is 5.97. The van der Waals surface area contributed by atoms with Crippen LogP contribution in [0.15, 0.2) is 12.1 Å². The summed E-state index contributed by atoms with van der Waals surface area (Å²) in [6.45, 7) is 6.07. The van der Waals surface area contributed by atoms with E-state index in [1.165, 1.54) is 0 Å². The van der Waals surface area contributed by atoms with Crippen LogP contribution in [0.2, 0.25) is 5.02 Å². The highest BCUT2D eigenvalue weighted by atomic mass is 35.5. The molecule has 0 spiro atoms. The van der Waals surface area contributed by atoms with E-state index in [0.717, 1.165) is 41.4 Å². The van der Waals surface area contributed by atoms with Gasteiger partial charge in [-0.2, -0.15) is 0 Å². The van der Waals surface area contributed by atoms with Crippen LogP contribution in [0.5, 0.6) is 5.75 Å². The molecule has 0 saturated carbocycles. The van der Waals surface area contributed by atoms with Crippen molar-refractivity contribution in [1.29, 1.82) is 0 Å². The molecular formula is C12H16ClNO. The number of halogens is 1. The average Bonchev–Trinajstić information content (AvgIpc) is 2.63. The Balaban J connectivity index is 2.19. The van der Waals surface area contributed by atoms with E-state index in [9.17, 15) is 0 Å². The van der Waals surface area contributed by atoms with Crippen LogP contribution >= 0.6 is 11.6 Å². The maximum atomic E-state index is 5.97. The van der Waals surface area contributed by atoms with Crippen molar-refractivity contribution in [1.82, 2.24) is 5.32 Å². The average molecular weight is 226 g/mol. The summed E-state index contributed by atoms with van der Waals surface area (Å²) in [6, 6.07) is 3.90. The molecule has 15 heavy (non-hydrogen) atoms. The van der Waals surface area contributed by atoms with Crippen LogP contribution in [0.25, 0.3) is 0 Å². The van der Waals surface area contributed by atoms with E-state index < -0.39 is 0 Å². The minimum atomic E-state index is 0.309. The highest BCUT2D eigenvalue weighted by Gasteiger charge is 2.17. The Kier molecular flexibility index (Phi) is 3.17. The van der Waals surface area contributed by atoms with E-state index in [1.54, 1.807) is 0 Å². The monoisotopic (exact) mass is 225 g/mol. The molecule has 0 aromatic heterocycles. The van der Waals surface area contributed by atoms with Gasteiger partial charge >= 0.3 is 0 Å². The first kappa shape index (κ1) is 10.8. The Morgan fingerprint density at radius 1 is 1.33 bits per heavy atom. The van der Waals surface area contributed by atoms with Crippen molar-refractivity contribution in [3.05, 3.63) is 28.3 Å². The van der Waals surface area contributed by atoms with Crippen LogP contribution in [0.4, 0.5) is 0 Å². The molecule has 1 saturated heterocycles. The molecule has 1 aliphatic rings. The fourth-order valence-corrected chi connectivity index (χ4v) is 2.31. The Labute approximate surface area is 95.6 Å². The van der Waals surface area contributed by atoms with Gasteiger partial charge in [0.15, 0.2) is 0 Å². The Morgan fingerprint density at radius 3 is 2.53 bits per heavy atom. The molecule has 3 heteroatoms. The van der Waals surface area contributed by atoms with Crippen LogP contribution in [0, 0.1) is 13.8 Å². The molecule has 1 aromatic carbocycles. The van der Waals surface area contributed by atoms with Gasteiger partial charge in [-0.05, 0) is 50.1 Å². The fraction of sp³-hybridized carbons (Fsp3) is 0.500. The largest absolute Gasteiger partial charge is 0.489 e. The third-order valence-corrected chi connectivity index (χ3v) is 2.94. The molecule has 1 N–H and O–H groups in total. The molecule has 0 bridgehead atoms. The smallest absolute Gasteiger partial charge is 0.125 e. The Morgan fingerprint density at radius 2 is 2.00 bits per heavy atom. The first-order valence-corrected chi connectivity index (χ1v) is 5.69. The molecule has 1 heterocycles. The van der Waals surface area contributed by atoms with E-state index in [0.29, 0.717) is 6.10 Å². The second-order valence-corrected chi connectivity index (χ2v) is 4.54. The summed E-state index contributed by atoms with van der Waals surface area (Å²) in [5, 5.41) is 4.07. The van der Waals surface area contributed by atoms with Gasteiger partial charge in [0.1, 0.15) is 11.9 Å². The minimum Gasteiger partial charge on any atom is -0.489 e. The van der Waals surface area contributed by atoms with E-state index in [1.807, 2.05) is 26.0 Å². The van der Waals surface area contributed by atoms with Crippen LogP contribution in [-0.4, -0.2) is 19.2 Å². The second-order valence-electron chi connectivity index (χ2n) is 4.10. The standard InChI is InChI=1S/C12H16ClNO/c1-8-5-10(13)6-9(2)12(8)15-11-3-4-14-7-11/h5-6,11,14H,3-4,7H2,1-2H3/t11-/m0/s1. The molecule has 0 unspecified atom stereocenters. The minimum absolute atomic E-state index is 0.309. The van der Waals surface area contributed by atoms with E-state index in [2.05, 4.69) is 5.32 Å². The lowest BCUT2D eigenvalue weighted by Crippen LogP contribution is -2.20. The molecule has 1 atom stereocenters. The summed E-state index contributed by atoms with van der Waals surface area (Å²) in [4.78, 5) is 0. The lowest BCUT2D eigenvalue weighted by molar-refractivity contribution is 0.220. The topological polar surface area (TPSA) is 21.3 Å². The van der Waals surface area contributed by atoms with Gasteiger partial charge in [0.2, 0.25) is 0 Å². The van der Waals surface area contributed by atoms with E-state index >= 15 is 0 Å². The molecule has 1 aromatic rings. The van der Waals surface area contributed by atoms with Crippen LogP contribution in [0.3, 0.4) is 0 Å². The number of hydrogen-bond donors (Lipinski definition) is 1. The normalized spacial score (nSPS) is 20.6. The molecular weight excluding hydrogens is 210 g/mol. The van der Waals surface area contributed by atoms with Crippen LogP contribution in [0.1, 0.15) is 17.5 Å². The zero-order chi connectivity index (χ0) is 10.8. The molecule has 2 nitrogen and oxygen atoms in total. The number of ether oxygens (including phenoxy) is 1. The molecule has 0 amide bonds. The van der Waals surface area contributed by atoms with Crippen molar-refractivity contribution >= 4 is 11.6 Å². The third kappa shape index (κ3) is 2.44. The Hall–Kier alpha value is -0.730. The fourth-order valence-electron chi connectivity index (χ4n) is 1.98. The molecule has 0 aliphatic carbocycles. The molecule has 2 rings (SSSR count). The number of aryl methyl sites for hydroxylation is 2. The SMILES string of the molecule is Cc1cc(Cl)cc(C)c1O[C@H]1CCNC1. The van der Waals surface area contributed by atoms with Crippen LogP contribution < -0.4 is 10.1 Å². The summed E-state index contributed by atoms with van der Waals surface area (Å²) in [6.07, 6.45) is 1.39. The van der Waals surface area contributed by atoms with Crippen molar-refractivity contribution in [2.75, 3.05) is 13.1 Å². The van der Waals surface area contributed by atoms with Crippen molar-refractivity contribution in [2.24, 2.45) is 0 Å². The van der Waals surface area contributed by atoms with Gasteiger partial charge in [0.05, 0.1) is 0 Å². The summed E-state index contributed by atoms with van der Waals surface area (Å²) < 4.78 is 5.97. The van der Waals surface area contributed by atoms with Gasteiger partial charge in [0.25, 0.3) is 0 Å². The number of benzene rings is 1. The highest BCUT2D eigenvalue weighted by molar-refractivity contribution is 6.30. The van der Waals surface area contributed by atoms with Gasteiger partial charge in [-0.1, -0.05) is 11.6 Å². The summed E-state index contributed by atoms with van der Waals surface area (Å²) in [5.74, 6) is 0.994. The van der Waals surface area contributed by atoms with Gasteiger partial charge in [-0.3, -0.25) is 0 Å². The second kappa shape index (κ2) is 4.42. The van der Waals surface area contributed by atoms with Gasteiger partial charge in [0, 0.05) is 11.6 Å². The number of nitrogens with one attached hydrogen (secondary N) is 1. The van der Waals surface area contributed by atoms with Crippen molar-refractivity contribution in [3.8, 4) is 5.75 Å². The van der Waals surface area contributed by atoms with E-state index in [-0.39, 0.29) is 0 Å². The lowest BCUT2D eigenvalue weighted by Gasteiger charge is -2.17. The molecule has 82 valence electrons. The first-order chi connectivity index (χ1) is 7.16. The maximum Gasteiger partial charge on any atom is 0.125 e. The van der Waals surface area contributed by atoms with Gasteiger partial charge in [-0.25, -0.2) is 0 Å².